The first kappa shape index (κ1) is 16.1. The molecule has 3 rings (SSSR count). The normalized spacial score (nSPS) is 10.4. The van der Waals surface area contributed by atoms with E-state index in [1.54, 1.807) is 18.3 Å². The number of carbonyl (C=O) groups excluding carboxylic acids is 1. The van der Waals surface area contributed by atoms with Gasteiger partial charge in [0.05, 0.1) is 24.8 Å². The maximum absolute atomic E-state index is 12.0. The molecule has 1 N–H and O–H groups in total. The number of carbonyl (C=O) groups is 1. The zero-order valence-electron chi connectivity index (χ0n) is 12.7. The first-order valence-corrected chi connectivity index (χ1v) is 7.78. The Hall–Kier alpha value is -2.79. The number of benzene rings is 2. The maximum Gasteiger partial charge on any atom is 0.239 e. The molecule has 3 aromatic rings. The van der Waals surface area contributed by atoms with Gasteiger partial charge in [-0.2, -0.15) is 0 Å². The number of nitrogens with one attached hydrogen (secondary N) is 1. The van der Waals surface area contributed by atoms with Gasteiger partial charge in [0.2, 0.25) is 11.8 Å². The number of aromatic nitrogens is 1. The maximum atomic E-state index is 12.0. The van der Waals surface area contributed by atoms with Gasteiger partial charge in [0.15, 0.2) is 0 Å². The highest BCUT2D eigenvalue weighted by molar-refractivity contribution is 6.30. The molecule has 0 unspecified atom stereocenters. The largest absolute Gasteiger partial charge is 0.493 e. The summed E-state index contributed by atoms with van der Waals surface area (Å²) in [6.07, 6.45) is 1.76. The van der Waals surface area contributed by atoms with Gasteiger partial charge in [0.1, 0.15) is 5.75 Å². The van der Waals surface area contributed by atoms with Crippen molar-refractivity contribution in [2.45, 2.75) is 6.42 Å². The lowest BCUT2D eigenvalue weighted by atomic mass is 10.1. The van der Waals surface area contributed by atoms with Gasteiger partial charge < -0.3 is 9.26 Å². The highest BCUT2D eigenvalue weighted by Crippen LogP contribution is 2.28. The van der Waals surface area contributed by atoms with Gasteiger partial charge in [0.25, 0.3) is 0 Å². The van der Waals surface area contributed by atoms with Crippen molar-refractivity contribution in [1.82, 2.24) is 5.16 Å². The van der Waals surface area contributed by atoms with Gasteiger partial charge in [-0.15, -0.1) is 0 Å². The van der Waals surface area contributed by atoms with Crippen LogP contribution in [0, 0.1) is 0 Å². The average Bonchev–Trinajstić information content (AvgIpc) is 3.04. The van der Waals surface area contributed by atoms with E-state index in [1.807, 2.05) is 42.5 Å². The molecule has 122 valence electrons. The van der Waals surface area contributed by atoms with Crippen LogP contribution in [-0.2, 0) is 4.79 Å². The Kier molecular flexibility index (Phi) is 5.13. The van der Waals surface area contributed by atoms with Gasteiger partial charge in [-0.3, -0.25) is 10.1 Å². The molecule has 0 spiro atoms. The molecule has 0 aliphatic heterocycles. The molecular weight excluding hydrogens is 328 g/mol. The first-order valence-electron chi connectivity index (χ1n) is 7.41. The number of hydrogen-bond donors (Lipinski definition) is 1. The third kappa shape index (κ3) is 4.14. The van der Waals surface area contributed by atoms with Crippen molar-refractivity contribution in [3.8, 4) is 16.9 Å². The Morgan fingerprint density at radius 1 is 1.12 bits per heavy atom. The van der Waals surface area contributed by atoms with E-state index in [2.05, 4.69) is 10.5 Å². The number of para-hydroxylation sites is 1. The lowest BCUT2D eigenvalue weighted by Crippen LogP contribution is -2.15. The molecule has 2 aromatic carbocycles. The summed E-state index contributed by atoms with van der Waals surface area (Å²) in [4.78, 5) is 12.0. The van der Waals surface area contributed by atoms with Gasteiger partial charge in [0, 0.05) is 5.02 Å². The SMILES string of the molecule is O=C(CCOc1ccccc1)Nc1oncc1-c1ccc(Cl)cc1. The summed E-state index contributed by atoms with van der Waals surface area (Å²) >= 11 is 5.88. The fourth-order valence-electron chi connectivity index (χ4n) is 2.13. The van der Waals surface area contributed by atoms with Gasteiger partial charge >= 0.3 is 0 Å². The monoisotopic (exact) mass is 342 g/mol. The number of anilines is 1. The predicted molar refractivity (Wildman–Crippen MR) is 92.1 cm³/mol. The summed E-state index contributed by atoms with van der Waals surface area (Å²) < 4.78 is 10.6. The molecule has 0 aliphatic carbocycles. The lowest BCUT2D eigenvalue weighted by Gasteiger charge is -2.06. The molecule has 1 aromatic heterocycles. The minimum Gasteiger partial charge on any atom is -0.493 e. The second-order valence-corrected chi connectivity index (χ2v) is 5.47. The fraction of sp³-hybridized carbons (Fsp3) is 0.111. The summed E-state index contributed by atoms with van der Waals surface area (Å²) in [5, 5.41) is 7.09. The van der Waals surface area contributed by atoms with Crippen molar-refractivity contribution >= 4 is 23.4 Å². The van der Waals surface area contributed by atoms with Crippen molar-refractivity contribution in [3.63, 3.8) is 0 Å². The molecule has 0 fully saturated rings. The average molecular weight is 343 g/mol. The molecule has 1 amide bonds. The summed E-state index contributed by atoms with van der Waals surface area (Å²) in [7, 11) is 0. The molecular formula is C18H15ClN2O3. The van der Waals surface area contributed by atoms with Crippen LogP contribution in [-0.4, -0.2) is 17.7 Å². The van der Waals surface area contributed by atoms with E-state index in [-0.39, 0.29) is 18.9 Å². The van der Waals surface area contributed by atoms with E-state index >= 15 is 0 Å². The smallest absolute Gasteiger partial charge is 0.239 e. The summed E-state index contributed by atoms with van der Waals surface area (Å²) in [6.45, 7) is 0.278. The molecule has 24 heavy (non-hydrogen) atoms. The van der Waals surface area contributed by atoms with E-state index in [4.69, 9.17) is 20.9 Å². The quantitative estimate of drug-likeness (QED) is 0.721. The van der Waals surface area contributed by atoms with E-state index < -0.39 is 0 Å². The van der Waals surface area contributed by atoms with E-state index in [1.165, 1.54) is 0 Å². The second kappa shape index (κ2) is 7.66. The number of nitrogens with zero attached hydrogens (tertiary/aromatic N) is 1. The van der Waals surface area contributed by atoms with Crippen molar-refractivity contribution in [2.75, 3.05) is 11.9 Å². The van der Waals surface area contributed by atoms with Crippen LogP contribution in [0.25, 0.3) is 11.1 Å². The van der Waals surface area contributed by atoms with Crippen molar-refractivity contribution in [2.24, 2.45) is 0 Å². The molecule has 0 aliphatic rings. The standard InChI is InChI=1S/C18H15ClN2O3/c19-14-8-6-13(7-9-14)16-12-20-24-18(16)21-17(22)10-11-23-15-4-2-1-3-5-15/h1-9,12H,10-11H2,(H,21,22). The Morgan fingerprint density at radius 3 is 2.62 bits per heavy atom. The first-order chi connectivity index (χ1) is 11.7. The van der Waals surface area contributed by atoms with Gasteiger partial charge in [-0.1, -0.05) is 47.1 Å². The van der Waals surface area contributed by atoms with Crippen molar-refractivity contribution in [3.05, 3.63) is 65.8 Å². The third-order valence-corrected chi connectivity index (χ3v) is 3.57. The molecule has 0 saturated heterocycles. The minimum atomic E-state index is -0.210. The zero-order valence-corrected chi connectivity index (χ0v) is 13.5. The molecule has 6 heteroatoms. The highest BCUT2D eigenvalue weighted by Gasteiger charge is 2.13. The van der Waals surface area contributed by atoms with Crippen LogP contribution in [0.3, 0.4) is 0 Å². The molecule has 0 atom stereocenters. The summed E-state index contributed by atoms with van der Waals surface area (Å²) in [5.41, 5.74) is 1.56. The van der Waals surface area contributed by atoms with Gasteiger partial charge in [-0.25, -0.2) is 0 Å². The van der Waals surface area contributed by atoms with Crippen LogP contribution in [0.5, 0.6) is 5.75 Å². The number of ether oxygens (including phenoxy) is 1. The van der Waals surface area contributed by atoms with Crippen LogP contribution < -0.4 is 10.1 Å². The van der Waals surface area contributed by atoms with Crippen LogP contribution in [0.15, 0.2) is 65.3 Å². The Labute approximate surface area is 144 Å². The number of amides is 1. The third-order valence-electron chi connectivity index (χ3n) is 3.32. The molecule has 0 saturated carbocycles. The molecule has 0 bridgehead atoms. The fourth-order valence-corrected chi connectivity index (χ4v) is 2.26. The van der Waals surface area contributed by atoms with Crippen molar-refractivity contribution in [1.29, 1.82) is 0 Å². The summed E-state index contributed by atoms with van der Waals surface area (Å²) in [6, 6.07) is 16.5. The van der Waals surface area contributed by atoms with Gasteiger partial charge in [-0.05, 0) is 29.8 Å². The molecule has 0 radical (unpaired) electrons. The number of rotatable bonds is 6. The Balaban J connectivity index is 1.57. The Morgan fingerprint density at radius 2 is 1.88 bits per heavy atom. The minimum absolute atomic E-state index is 0.204. The molecule has 1 heterocycles. The van der Waals surface area contributed by atoms with Crippen LogP contribution >= 0.6 is 11.6 Å². The van der Waals surface area contributed by atoms with Crippen LogP contribution in [0.4, 0.5) is 5.88 Å². The number of hydrogen-bond acceptors (Lipinski definition) is 4. The van der Waals surface area contributed by atoms with Crippen molar-refractivity contribution < 1.29 is 14.1 Å². The van der Waals surface area contributed by atoms with Crippen LogP contribution in [0.2, 0.25) is 5.02 Å². The van der Waals surface area contributed by atoms with E-state index in [0.717, 1.165) is 11.3 Å². The lowest BCUT2D eigenvalue weighted by molar-refractivity contribution is -0.116. The van der Waals surface area contributed by atoms with E-state index in [9.17, 15) is 4.79 Å². The molecule has 5 nitrogen and oxygen atoms in total. The Bertz CT molecular complexity index is 801. The zero-order chi connectivity index (χ0) is 16.8. The highest BCUT2D eigenvalue weighted by atomic mass is 35.5. The summed E-state index contributed by atoms with van der Waals surface area (Å²) in [5.74, 6) is 0.826. The second-order valence-electron chi connectivity index (χ2n) is 5.04. The number of halogens is 1. The van der Waals surface area contributed by atoms with E-state index in [0.29, 0.717) is 16.5 Å². The topological polar surface area (TPSA) is 64.4 Å². The van der Waals surface area contributed by atoms with Crippen LogP contribution in [0.1, 0.15) is 6.42 Å². The predicted octanol–water partition coefficient (Wildman–Crippen LogP) is 4.40.